The molecule has 1 fully saturated rings. The minimum absolute atomic E-state index is 0.0164. The lowest BCUT2D eigenvalue weighted by Crippen LogP contribution is -2.37. The number of nitrogens with one attached hydrogen (secondary N) is 1. The number of hydrogen-bond donors (Lipinski definition) is 2. The van der Waals surface area contributed by atoms with E-state index in [-0.39, 0.29) is 35.6 Å². The molecule has 31 heavy (non-hydrogen) atoms. The lowest BCUT2D eigenvalue weighted by atomic mass is 9.94. The number of ether oxygens (including phenoxy) is 1. The molecule has 0 atom stereocenters. The number of rotatable bonds is 7. The van der Waals surface area contributed by atoms with E-state index >= 15 is 0 Å². The van der Waals surface area contributed by atoms with E-state index in [1.807, 2.05) is 36.4 Å². The van der Waals surface area contributed by atoms with Crippen LogP contribution in [0.5, 0.6) is 5.88 Å². The van der Waals surface area contributed by atoms with Crippen molar-refractivity contribution in [2.24, 2.45) is 5.92 Å². The van der Waals surface area contributed by atoms with E-state index in [4.69, 9.17) is 26.7 Å². The zero-order valence-electron chi connectivity index (χ0n) is 16.8. The number of nitrogens with zero attached hydrogens (tertiary/aromatic N) is 4. The van der Waals surface area contributed by atoms with Gasteiger partial charge in [-0.05, 0) is 30.7 Å². The lowest BCUT2D eigenvalue weighted by molar-refractivity contribution is 0.0944. The van der Waals surface area contributed by atoms with Crippen LogP contribution in [0.1, 0.15) is 41.0 Å². The molecule has 3 rings (SSSR count). The summed E-state index contributed by atoms with van der Waals surface area (Å²) in [7, 11) is 0. The first-order valence-corrected chi connectivity index (χ1v) is 10.3. The number of aromatic nitrogens is 2. The zero-order valence-corrected chi connectivity index (χ0v) is 17.5. The van der Waals surface area contributed by atoms with Crippen molar-refractivity contribution >= 4 is 23.6 Å². The topological polar surface area (TPSA) is 128 Å². The Morgan fingerprint density at radius 3 is 2.61 bits per heavy atom. The molecule has 162 valence electrons. The molecule has 2 heterocycles. The van der Waals surface area contributed by atoms with Crippen LogP contribution in [-0.4, -0.2) is 51.7 Å². The second-order valence-corrected chi connectivity index (χ2v) is 7.51. The predicted molar refractivity (Wildman–Crippen MR) is 112 cm³/mol. The Kier molecular flexibility index (Phi) is 7.62. The molecule has 2 N–H and O–H groups in total. The molecule has 1 saturated heterocycles. The molecule has 2 aromatic rings. The molecule has 10 heteroatoms. The molecule has 0 radical (unpaired) electrons. The fraction of sp³-hybridized carbons (Fsp3) is 0.381. The predicted octanol–water partition coefficient (Wildman–Crippen LogP) is 3.09. The van der Waals surface area contributed by atoms with Gasteiger partial charge in [0.15, 0.2) is 5.15 Å². The Hall–Kier alpha value is -3.38. The number of carbonyl (C=O) groups excluding carboxylic acids is 1. The first kappa shape index (κ1) is 22.3. The maximum Gasteiger partial charge on any atom is 0.407 e. The van der Waals surface area contributed by atoms with Gasteiger partial charge in [0.1, 0.15) is 11.6 Å². The van der Waals surface area contributed by atoms with Gasteiger partial charge >= 0.3 is 6.09 Å². The summed E-state index contributed by atoms with van der Waals surface area (Å²) in [4.78, 5) is 33.0. The highest BCUT2D eigenvalue weighted by Crippen LogP contribution is 2.25. The smallest absolute Gasteiger partial charge is 0.407 e. The molecule has 0 bridgehead atoms. The van der Waals surface area contributed by atoms with Crippen LogP contribution in [0.15, 0.2) is 30.3 Å². The Bertz CT molecular complexity index is 972. The summed E-state index contributed by atoms with van der Waals surface area (Å²) in [6, 6.07) is 11.2. The fourth-order valence-electron chi connectivity index (χ4n) is 3.36. The van der Waals surface area contributed by atoms with E-state index in [2.05, 4.69) is 15.3 Å². The summed E-state index contributed by atoms with van der Waals surface area (Å²) in [6.07, 6.45) is 1.25. The van der Waals surface area contributed by atoms with Gasteiger partial charge in [0, 0.05) is 19.6 Å². The van der Waals surface area contributed by atoms with E-state index in [0.717, 1.165) is 18.4 Å². The Morgan fingerprint density at radius 1 is 1.26 bits per heavy atom. The first-order chi connectivity index (χ1) is 15.0. The third kappa shape index (κ3) is 6.06. The van der Waals surface area contributed by atoms with Gasteiger partial charge in [-0.15, -0.1) is 0 Å². The maximum absolute atomic E-state index is 12.7. The highest BCUT2D eigenvalue weighted by atomic mass is 35.5. The normalized spacial score (nSPS) is 14.0. The molecule has 9 nitrogen and oxygen atoms in total. The van der Waals surface area contributed by atoms with Gasteiger partial charge in [0.25, 0.3) is 5.91 Å². The number of likely N-dealkylation sites (tertiary alicyclic amines) is 1. The average molecular weight is 444 g/mol. The second kappa shape index (κ2) is 10.6. The van der Waals surface area contributed by atoms with Crippen molar-refractivity contribution in [2.45, 2.75) is 25.8 Å². The molecule has 1 aromatic carbocycles. The molecule has 0 spiro atoms. The van der Waals surface area contributed by atoms with Gasteiger partial charge in [-0.3, -0.25) is 4.79 Å². The van der Waals surface area contributed by atoms with Crippen LogP contribution in [0.4, 0.5) is 4.79 Å². The van der Waals surface area contributed by atoms with Crippen molar-refractivity contribution in [1.82, 2.24) is 20.2 Å². The molecule has 1 aromatic heterocycles. The minimum atomic E-state index is -0.902. The number of nitriles is 1. The number of benzene rings is 1. The Balaban J connectivity index is 1.63. The standard InChI is InChI=1S/C21H22ClN5O4/c22-18-17(19(28)24-13-15-4-2-1-3-5-15)20(26-16(12-23)25-18)31-11-8-14-6-9-27(10-7-14)21(29)30/h1-5,14H,6-11,13H2,(H,24,28)(H,29,30). The summed E-state index contributed by atoms with van der Waals surface area (Å²) < 4.78 is 5.73. The fourth-order valence-corrected chi connectivity index (χ4v) is 3.61. The summed E-state index contributed by atoms with van der Waals surface area (Å²) in [5.74, 6) is -0.415. The number of carboxylic acid groups (broad SMARTS) is 1. The number of amides is 2. The SMILES string of the molecule is N#Cc1nc(Cl)c(C(=O)NCc2ccccc2)c(OCCC2CCN(C(=O)O)CC2)n1. The van der Waals surface area contributed by atoms with Gasteiger partial charge < -0.3 is 20.1 Å². The van der Waals surface area contributed by atoms with E-state index in [1.54, 1.807) is 0 Å². The van der Waals surface area contributed by atoms with Crippen LogP contribution in [0.2, 0.25) is 5.15 Å². The molecule has 2 amide bonds. The monoisotopic (exact) mass is 443 g/mol. The largest absolute Gasteiger partial charge is 0.477 e. The zero-order chi connectivity index (χ0) is 22.2. The van der Waals surface area contributed by atoms with Gasteiger partial charge in [-0.1, -0.05) is 41.9 Å². The lowest BCUT2D eigenvalue weighted by Gasteiger charge is -2.29. The quantitative estimate of drug-likeness (QED) is 0.629. The molecule has 1 aliphatic rings. The summed E-state index contributed by atoms with van der Waals surface area (Å²) in [6.45, 7) is 1.53. The molecule has 0 unspecified atom stereocenters. The van der Waals surface area contributed by atoms with E-state index in [1.165, 1.54) is 4.90 Å². The van der Waals surface area contributed by atoms with Crippen molar-refractivity contribution in [2.75, 3.05) is 19.7 Å². The maximum atomic E-state index is 12.7. The summed E-state index contributed by atoms with van der Waals surface area (Å²) in [5.41, 5.74) is 0.897. The van der Waals surface area contributed by atoms with Gasteiger partial charge in [-0.2, -0.15) is 10.2 Å². The van der Waals surface area contributed by atoms with E-state index in [0.29, 0.717) is 25.4 Å². The van der Waals surface area contributed by atoms with Crippen LogP contribution in [0, 0.1) is 17.2 Å². The van der Waals surface area contributed by atoms with E-state index < -0.39 is 12.0 Å². The molecular weight excluding hydrogens is 422 g/mol. The summed E-state index contributed by atoms with van der Waals surface area (Å²) in [5, 5.41) is 20.8. The molecule has 0 aliphatic carbocycles. The Morgan fingerprint density at radius 2 is 1.97 bits per heavy atom. The van der Waals surface area contributed by atoms with Crippen molar-refractivity contribution in [3.05, 3.63) is 52.4 Å². The van der Waals surface area contributed by atoms with Gasteiger partial charge in [0.05, 0.1) is 6.61 Å². The number of piperidine rings is 1. The number of hydrogen-bond acceptors (Lipinski definition) is 6. The van der Waals surface area contributed by atoms with E-state index in [9.17, 15) is 9.59 Å². The third-order valence-corrected chi connectivity index (χ3v) is 5.38. The highest BCUT2D eigenvalue weighted by molar-refractivity contribution is 6.33. The van der Waals surface area contributed by atoms with Crippen molar-refractivity contribution in [3.63, 3.8) is 0 Å². The number of halogens is 1. The summed E-state index contributed by atoms with van der Waals surface area (Å²) >= 11 is 6.16. The first-order valence-electron chi connectivity index (χ1n) is 9.88. The van der Waals surface area contributed by atoms with Crippen LogP contribution >= 0.6 is 11.6 Å². The van der Waals surface area contributed by atoms with Gasteiger partial charge in [0.2, 0.25) is 11.7 Å². The van der Waals surface area contributed by atoms with Gasteiger partial charge in [-0.25, -0.2) is 9.78 Å². The van der Waals surface area contributed by atoms with Crippen LogP contribution in [0.3, 0.4) is 0 Å². The van der Waals surface area contributed by atoms with Crippen molar-refractivity contribution in [3.8, 4) is 11.9 Å². The molecule has 1 aliphatic heterocycles. The highest BCUT2D eigenvalue weighted by Gasteiger charge is 2.24. The van der Waals surface area contributed by atoms with Crippen molar-refractivity contribution < 1.29 is 19.4 Å². The van der Waals surface area contributed by atoms with Crippen LogP contribution in [-0.2, 0) is 6.54 Å². The Labute approximate surface area is 184 Å². The molecular formula is C21H22ClN5O4. The number of carbonyl (C=O) groups is 2. The van der Waals surface area contributed by atoms with Crippen LogP contribution in [0.25, 0.3) is 0 Å². The minimum Gasteiger partial charge on any atom is -0.477 e. The second-order valence-electron chi connectivity index (χ2n) is 7.15. The average Bonchev–Trinajstić information content (AvgIpc) is 2.78. The van der Waals surface area contributed by atoms with Crippen LogP contribution < -0.4 is 10.1 Å². The van der Waals surface area contributed by atoms with Crippen molar-refractivity contribution in [1.29, 1.82) is 5.26 Å². The molecule has 0 saturated carbocycles. The third-order valence-electron chi connectivity index (χ3n) is 5.10.